The van der Waals surface area contributed by atoms with Crippen LogP contribution in [0, 0.1) is 17.2 Å². The number of rotatable bonds is 4. The normalized spacial score (nSPS) is 16.6. The lowest BCUT2D eigenvalue weighted by atomic mass is 9.95. The van der Waals surface area contributed by atoms with Crippen LogP contribution in [0.3, 0.4) is 0 Å². The Bertz CT molecular complexity index is 529. The van der Waals surface area contributed by atoms with Gasteiger partial charge in [0.05, 0.1) is 18.8 Å². The predicted molar refractivity (Wildman–Crippen MR) is 78.2 cm³/mol. The number of pyridine rings is 1. The van der Waals surface area contributed by atoms with E-state index in [0.29, 0.717) is 18.1 Å². The van der Waals surface area contributed by atoms with Gasteiger partial charge in [-0.25, -0.2) is 4.98 Å². The van der Waals surface area contributed by atoms with Crippen molar-refractivity contribution >= 4 is 5.82 Å². The van der Waals surface area contributed by atoms with Gasteiger partial charge in [0.2, 0.25) is 0 Å². The van der Waals surface area contributed by atoms with Crippen molar-refractivity contribution in [3.05, 3.63) is 22.9 Å². The molecule has 0 bridgehead atoms. The molecule has 2 heterocycles. The molecule has 0 aliphatic carbocycles. The molecule has 0 saturated carbocycles. The van der Waals surface area contributed by atoms with E-state index < -0.39 is 0 Å². The summed E-state index contributed by atoms with van der Waals surface area (Å²) < 4.78 is 5.79. The molecule has 4 heteroatoms. The molecule has 0 aromatic carbocycles. The summed E-state index contributed by atoms with van der Waals surface area (Å²) in [5, 5.41) is 12.6. The van der Waals surface area contributed by atoms with Gasteiger partial charge in [0.25, 0.3) is 5.82 Å². The minimum atomic E-state index is -0.146. The van der Waals surface area contributed by atoms with E-state index in [9.17, 15) is 5.26 Å². The molecule has 1 aromatic rings. The highest BCUT2D eigenvalue weighted by Gasteiger charge is 2.30. The number of aromatic amines is 1. The van der Waals surface area contributed by atoms with E-state index in [2.05, 4.69) is 44.1 Å². The molecule has 1 aliphatic heterocycles. The lowest BCUT2D eigenvalue weighted by Gasteiger charge is -2.30. The number of H-pyrrole nitrogens is 1. The number of aromatic nitrogens is 1. The van der Waals surface area contributed by atoms with Crippen molar-refractivity contribution in [2.75, 3.05) is 11.9 Å². The topological polar surface area (TPSA) is 59.2 Å². The maximum absolute atomic E-state index is 9.28. The van der Waals surface area contributed by atoms with Crippen molar-refractivity contribution in [1.82, 2.24) is 0 Å². The highest BCUT2D eigenvalue weighted by molar-refractivity contribution is 5.50. The van der Waals surface area contributed by atoms with Gasteiger partial charge in [-0.2, -0.15) is 5.26 Å². The van der Waals surface area contributed by atoms with Gasteiger partial charge in [0, 0.05) is 12.0 Å². The first-order valence-electron chi connectivity index (χ1n) is 7.27. The number of hydrogen-bond donors (Lipinski definition) is 1. The summed E-state index contributed by atoms with van der Waals surface area (Å²) >= 11 is 0. The largest absolute Gasteiger partial charge is 0.370 e. The van der Waals surface area contributed by atoms with Crippen molar-refractivity contribution in [2.24, 2.45) is 5.92 Å². The molecule has 0 radical (unpaired) electrons. The number of anilines is 1. The van der Waals surface area contributed by atoms with E-state index in [-0.39, 0.29) is 5.60 Å². The van der Waals surface area contributed by atoms with Crippen molar-refractivity contribution < 1.29 is 9.72 Å². The summed E-state index contributed by atoms with van der Waals surface area (Å²) in [5.74, 6) is 1.49. The van der Waals surface area contributed by atoms with Gasteiger partial charge < -0.3 is 4.74 Å². The second-order valence-corrected chi connectivity index (χ2v) is 6.51. The van der Waals surface area contributed by atoms with Crippen LogP contribution in [-0.2, 0) is 17.8 Å². The molecule has 108 valence electrons. The summed E-state index contributed by atoms with van der Waals surface area (Å²) in [6.07, 6.45) is 1.93. The molecule has 0 atom stereocenters. The summed E-state index contributed by atoms with van der Waals surface area (Å²) in [4.78, 5) is 3.40. The zero-order valence-corrected chi connectivity index (χ0v) is 12.8. The van der Waals surface area contributed by atoms with Crippen molar-refractivity contribution in [1.29, 1.82) is 5.26 Å². The Hall–Kier alpha value is -1.60. The Morgan fingerprint density at radius 2 is 2.25 bits per heavy atom. The van der Waals surface area contributed by atoms with Crippen LogP contribution >= 0.6 is 0 Å². The van der Waals surface area contributed by atoms with E-state index in [1.807, 2.05) is 6.07 Å². The minimum absolute atomic E-state index is 0.146. The highest BCUT2D eigenvalue weighted by Crippen LogP contribution is 2.26. The average Bonchev–Trinajstić information content (AvgIpc) is 2.36. The summed E-state index contributed by atoms with van der Waals surface area (Å²) in [6, 6.07) is 4.20. The maximum atomic E-state index is 9.28. The SMILES string of the molecule is CC(C)CCNc1[nH+]c2c(cc1C#N)COC(C)(C)C2. The van der Waals surface area contributed by atoms with Crippen molar-refractivity contribution in [3.8, 4) is 6.07 Å². The molecule has 0 amide bonds. The summed E-state index contributed by atoms with van der Waals surface area (Å²) in [5.41, 5.74) is 2.78. The number of nitrogens with zero attached hydrogens (tertiary/aromatic N) is 1. The van der Waals surface area contributed by atoms with Gasteiger partial charge in [0.15, 0.2) is 0 Å². The quantitative estimate of drug-likeness (QED) is 0.918. The fourth-order valence-electron chi connectivity index (χ4n) is 2.38. The molecule has 20 heavy (non-hydrogen) atoms. The van der Waals surface area contributed by atoms with Gasteiger partial charge in [0.1, 0.15) is 17.3 Å². The summed E-state index contributed by atoms with van der Waals surface area (Å²) in [7, 11) is 0. The standard InChI is InChI=1S/C16H23N3O/c1-11(2)5-6-18-15-12(9-17)7-13-10-20-16(3,4)8-14(13)19-15/h7,11H,5-6,8,10H2,1-4H3,(H,18,19)/p+1. The van der Waals surface area contributed by atoms with Crippen molar-refractivity contribution in [2.45, 2.75) is 52.7 Å². The van der Waals surface area contributed by atoms with Gasteiger partial charge >= 0.3 is 0 Å². The molecular weight excluding hydrogens is 250 g/mol. The third-order valence-electron chi connectivity index (χ3n) is 3.62. The Kier molecular flexibility index (Phi) is 4.29. The van der Waals surface area contributed by atoms with Crippen LogP contribution in [0.2, 0.25) is 0 Å². The smallest absolute Gasteiger partial charge is 0.290 e. The molecule has 0 spiro atoms. The zero-order chi connectivity index (χ0) is 14.8. The van der Waals surface area contributed by atoms with Gasteiger partial charge in [-0.3, -0.25) is 5.32 Å². The first kappa shape index (κ1) is 14.8. The predicted octanol–water partition coefficient (Wildman–Crippen LogP) is 2.68. The monoisotopic (exact) mass is 274 g/mol. The second kappa shape index (κ2) is 5.80. The molecule has 2 rings (SSSR count). The van der Waals surface area contributed by atoms with Crippen LogP contribution in [0.5, 0.6) is 0 Å². The number of fused-ring (bicyclic) bond motifs is 1. The van der Waals surface area contributed by atoms with Crippen LogP contribution < -0.4 is 10.3 Å². The highest BCUT2D eigenvalue weighted by atomic mass is 16.5. The molecule has 0 fully saturated rings. The zero-order valence-electron chi connectivity index (χ0n) is 12.8. The summed E-state index contributed by atoms with van der Waals surface area (Å²) in [6.45, 7) is 10.0. The fourth-order valence-corrected chi connectivity index (χ4v) is 2.38. The van der Waals surface area contributed by atoms with E-state index in [4.69, 9.17) is 4.74 Å². The Balaban J connectivity index is 2.21. The molecule has 1 aliphatic rings. The van der Waals surface area contributed by atoms with E-state index in [1.165, 1.54) is 5.69 Å². The Morgan fingerprint density at radius 1 is 1.50 bits per heavy atom. The molecule has 0 unspecified atom stereocenters. The van der Waals surface area contributed by atoms with Gasteiger partial charge in [-0.05, 0) is 32.3 Å². The first-order chi connectivity index (χ1) is 9.41. The first-order valence-corrected chi connectivity index (χ1v) is 7.27. The second-order valence-electron chi connectivity index (χ2n) is 6.51. The molecule has 4 nitrogen and oxygen atoms in total. The fraction of sp³-hybridized carbons (Fsp3) is 0.625. The van der Waals surface area contributed by atoms with Gasteiger partial charge in [-0.1, -0.05) is 13.8 Å². The van der Waals surface area contributed by atoms with Crippen LogP contribution in [0.1, 0.15) is 50.9 Å². The van der Waals surface area contributed by atoms with E-state index in [0.717, 1.165) is 30.8 Å². The lowest BCUT2D eigenvalue weighted by molar-refractivity contribution is -0.380. The number of hydrogen-bond acceptors (Lipinski definition) is 3. The van der Waals surface area contributed by atoms with Crippen LogP contribution in [0.15, 0.2) is 6.07 Å². The maximum Gasteiger partial charge on any atom is 0.290 e. The van der Waals surface area contributed by atoms with Crippen molar-refractivity contribution in [3.63, 3.8) is 0 Å². The van der Waals surface area contributed by atoms with Crippen LogP contribution in [0.25, 0.3) is 0 Å². The third-order valence-corrected chi connectivity index (χ3v) is 3.62. The van der Waals surface area contributed by atoms with Crippen LogP contribution in [-0.4, -0.2) is 12.1 Å². The number of nitrogens with one attached hydrogen (secondary N) is 2. The molecule has 2 N–H and O–H groups in total. The minimum Gasteiger partial charge on any atom is -0.370 e. The lowest BCUT2D eigenvalue weighted by Crippen LogP contribution is -2.37. The molecule has 0 saturated heterocycles. The Morgan fingerprint density at radius 3 is 2.90 bits per heavy atom. The molecular formula is C16H24N3O+. The van der Waals surface area contributed by atoms with Gasteiger partial charge in [-0.15, -0.1) is 0 Å². The number of ether oxygens (including phenoxy) is 1. The third kappa shape index (κ3) is 3.49. The van der Waals surface area contributed by atoms with E-state index in [1.54, 1.807) is 0 Å². The van der Waals surface area contributed by atoms with Crippen LogP contribution in [0.4, 0.5) is 5.82 Å². The molecule has 1 aromatic heterocycles. The van der Waals surface area contributed by atoms with E-state index >= 15 is 0 Å². The Labute approximate surface area is 121 Å². The average molecular weight is 274 g/mol. The number of nitriles is 1.